The monoisotopic (exact) mass is 319 g/mol. The van der Waals surface area contributed by atoms with Gasteiger partial charge in [-0.2, -0.15) is 5.26 Å². The first-order valence-electron chi connectivity index (χ1n) is 7.80. The normalized spacial score (nSPS) is 10.2. The molecule has 1 aromatic carbocycles. The predicted molar refractivity (Wildman–Crippen MR) is 88.4 cm³/mol. The smallest absolute Gasteiger partial charge is 0.234 e. The second-order valence-corrected chi connectivity index (χ2v) is 4.96. The highest BCUT2D eigenvalue weighted by molar-refractivity contribution is 5.78. The second-order valence-electron chi connectivity index (χ2n) is 4.96. The Morgan fingerprint density at radius 2 is 2.09 bits per heavy atom. The Balaban J connectivity index is 2.69. The molecule has 0 aliphatic rings. The molecule has 0 aliphatic carbocycles. The minimum Gasteiger partial charge on any atom is -0.497 e. The first-order chi connectivity index (χ1) is 11.1. The van der Waals surface area contributed by atoms with Crippen molar-refractivity contribution >= 4 is 5.91 Å². The first kappa shape index (κ1) is 18.8. The van der Waals surface area contributed by atoms with Gasteiger partial charge in [0.15, 0.2) is 0 Å². The minimum atomic E-state index is -0.294. The van der Waals surface area contributed by atoms with Crippen molar-refractivity contribution < 1.29 is 14.3 Å². The number of likely N-dealkylation sites (N-methyl/N-ethyl adjacent to an activating group) is 1. The van der Waals surface area contributed by atoms with Gasteiger partial charge in [-0.3, -0.25) is 4.79 Å². The Morgan fingerprint density at radius 1 is 1.35 bits per heavy atom. The molecular weight excluding hydrogens is 294 g/mol. The Labute approximate surface area is 138 Å². The molecule has 0 saturated carbocycles. The van der Waals surface area contributed by atoms with E-state index in [1.54, 1.807) is 7.11 Å². The van der Waals surface area contributed by atoms with Crippen LogP contribution in [0.3, 0.4) is 0 Å². The summed E-state index contributed by atoms with van der Waals surface area (Å²) in [6.07, 6.45) is -0.145. The lowest BCUT2D eigenvalue weighted by Gasteiger charge is -2.19. The molecule has 0 fully saturated rings. The van der Waals surface area contributed by atoms with E-state index >= 15 is 0 Å². The lowest BCUT2D eigenvalue weighted by molar-refractivity contribution is -0.120. The van der Waals surface area contributed by atoms with Crippen molar-refractivity contribution in [1.82, 2.24) is 10.2 Å². The summed E-state index contributed by atoms with van der Waals surface area (Å²) in [5.74, 6) is 1.10. The summed E-state index contributed by atoms with van der Waals surface area (Å²) in [6.45, 7) is 7.92. The molecule has 0 radical (unpaired) electrons. The Hall–Kier alpha value is -2.26. The largest absolute Gasteiger partial charge is 0.497 e. The van der Waals surface area contributed by atoms with Gasteiger partial charge in [0.1, 0.15) is 24.5 Å². The van der Waals surface area contributed by atoms with Crippen molar-refractivity contribution in [2.75, 3.05) is 33.4 Å². The molecule has 1 amide bonds. The summed E-state index contributed by atoms with van der Waals surface area (Å²) in [7, 11) is 1.60. The van der Waals surface area contributed by atoms with E-state index in [0.717, 1.165) is 25.2 Å². The van der Waals surface area contributed by atoms with E-state index in [4.69, 9.17) is 14.7 Å². The molecule has 0 bridgehead atoms. The number of methoxy groups -OCH3 is 1. The van der Waals surface area contributed by atoms with Crippen LogP contribution >= 0.6 is 0 Å². The van der Waals surface area contributed by atoms with Gasteiger partial charge in [0.2, 0.25) is 5.91 Å². The van der Waals surface area contributed by atoms with Gasteiger partial charge in [0.25, 0.3) is 0 Å². The van der Waals surface area contributed by atoms with Crippen LogP contribution < -0.4 is 14.8 Å². The zero-order valence-electron chi connectivity index (χ0n) is 14.1. The maximum atomic E-state index is 11.4. The number of hydrogen-bond acceptors (Lipinski definition) is 5. The van der Waals surface area contributed by atoms with Crippen LogP contribution in [0.4, 0.5) is 0 Å². The lowest BCUT2D eigenvalue weighted by Crippen LogP contribution is -2.28. The third-order valence-electron chi connectivity index (χ3n) is 3.55. The van der Waals surface area contributed by atoms with Gasteiger partial charge in [-0.15, -0.1) is 0 Å². The van der Waals surface area contributed by atoms with Crippen molar-refractivity contribution in [2.45, 2.75) is 26.8 Å². The zero-order chi connectivity index (χ0) is 17.1. The molecule has 0 spiro atoms. The van der Waals surface area contributed by atoms with Crippen LogP contribution in [-0.4, -0.2) is 44.2 Å². The number of nitriles is 1. The van der Waals surface area contributed by atoms with E-state index in [2.05, 4.69) is 24.1 Å². The maximum absolute atomic E-state index is 11.4. The van der Waals surface area contributed by atoms with Gasteiger partial charge >= 0.3 is 0 Å². The number of carbonyl (C=O) groups is 1. The highest BCUT2D eigenvalue weighted by Gasteiger charge is 2.09. The molecule has 0 saturated heterocycles. The van der Waals surface area contributed by atoms with E-state index in [0.29, 0.717) is 24.7 Å². The number of benzene rings is 1. The standard InChI is InChI=1S/C17H25N3O3/c1-4-20(5-2)10-11-23-16-12-15(22-3)7-6-14(16)13-19-17(21)8-9-18/h6-7,12H,4-5,8,10-11,13H2,1-3H3,(H,19,21). The topological polar surface area (TPSA) is 74.6 Å². The van der Waals surface area contributed by atoms with Crippen LogP contribution in [0.15, 0.2) is 18.2 Å². The van der Waals surface area contributed by atoms with Gasteiger partial charge in [-0.05, 0) is 25.2 Å². The molecule has 6 heteroatoms. The Bertz CT molecular complexity index is 536. The van der Waals surface area contributed by atoms with Crippen molar-refractivity contribution in [2.24, 2.45) is 0 Å². The number of rotatable bonds is 10. The average Bonchev–Trinajstić information content (AvgIpc) is 2.57. The van der Waals surface area contributed by atoms with Crippen LogP contribution in [0.25, 0.3) is 0 Å². The molecule has 1 N–H and O–H groups in total. The predicted octanol–water partition coefficient (Wildman–Crippen LogP) is 1.95. The van der Waals surface area contributed by atoms with Crippen molar-refractivity contribution in [3.63, 3.8) is 0 Å². The number of amides is 1. The SMILES string of the molecule is CCN(CC)CCOc1cc(OC)ccc1CNC(=O)CC#N. The van der Waals surface area contributed by atoms with E-state index in [1.807, 2.05) is 24.3 Å². The maximum Gasteiger partial charge on any atom is 0.234 e. The van der Waals surface area contributed by atoms with Crippen molar-refractivity contribution in [3.8, 4) is 17.6 Å². The van der Waals surface area contributed by atoms with Gasteiger partial charge < -0.3 is 19.7 Å². The molecule has 0 unspecified atom stereocenters. The fourth-order valence-electron chi connectivity index (χ4n) is 2.09. The molecule has 6 nitrogen and oxygen atoms in total. The molecule has 1 aromatic rings. The number of nitrogens with one attached hydrogen (secondary N) is 1. The molecule has 0 heterocycles. The summed E-state index contributed by atoms with van der Waals surface area (Å²) >= 11 is 0. The highest BCUT2D eigenvalue weighted by atomic mass is 16.5. The van der Waals surface area contributed by atoms with Crippen LogP contribution in [0.5, 0.6) is 11.5 Å². The Morgan fingerprint density at radius 3 is 2.70 bits per heavy atom. The summed E-state index contributed by atoms with van der Waals surface area (Å²) in [5, 5.41) is 11.2. The van der Waals surface area contributed by atoms with Gasteiger partial charge in [0, 0.05) is 24.7 Å². The molecule has 0 aliphatic heterocycles. The third-order valence-corrected chi connectivity index (χ3v) is 3.55. The van der Waals surface area contributed by atoms with Crippen LogP contribution in [0, 0.1) is 11.3 Å². The van der Waals surface area contributed by atoms with Gasteiger partial charge in [-0.25, -0.2) is 0 Å². The molecule has 126 valence electrons. The minimum absolute atomic E-state index is 0.145. The number of carbonyl (C=O) groups excluding carboxylic acids is 1. The van der Waals surface area contributed by atoms with Crippen LogP contribution in [-0.2, 0) is 11.3 Å². The Kier molecular flexibility index (Phi) is 8.55. The summed E-state index contributed by atoms with van der Waals surface area (Å²) in [6, 6.07) is 7.32. The average molecular weight is 319 g/mol. The molecular formula is C17H25N3O3. The summed E-state index contributed by atoms with van der Waals surface area (Å²) in [4.78, 5) is 13.7. The summed E-state index contributed by atoms with van der Waals surface area (Å²) in [5.41, 5.74) is 0.858. The second kappa shape index (κ2) is 10.5. The molecule has 0 atom stereocenters. The van der Waals surface area contributed by atoms with Crippen molar-refractivity contribution in [3.05, 3.63) is 23.8 Å². The quantitative estimate of drug-likeness (QED) is 0.713. The molecule has 23 heavy (non-hydrogen) atoms. The number of hydrogen-bond donors (Lipinski definition) is 1. The van der Waals surface area contributed by atoms with Crippen LogP contribution in [0.2, 0.25) is 0 Å². The molecule has 1 rings (SSSR count). The van der Waals surface area contributed by atoms with E-state index < -0.39 is 0 Å². The van der Waals surface area contributed by atoms with Gasteiger partial charge in [0.05, 0.1) is 13.2 Å². The fourth-order valence-corrected chi connectivity index (χ4v) is 2.09. The first-order valence-corrected chi connectivity index (χ1v) is 7.80. The fraction of sp³-hybridized carbons (Fsp3) is 0.529. The summed E-state index contributed by atoms with van der Waals surface area (Å²) < 4.78 is 11.1. The molecule has 0 aromatic heterocycles. The van der Waals surface area contributed by atoms with Gasteiger partial charge in [-0.1, -0.05) is 13.8 Å². The zero-order valence-corrected chi connectivity index (χ0v) is 14.1. The van der Waals surface area contributed by atoms with E-state index in [-0.39, 0.29) is 12.3 Å². The van der Waals surface area contributed by atoms with Crippen LogP contribution in [0.1, 0.15) is 25.8 Å². The van der Waals surface area contributed by atoms with Crippen molar-refractivity contribution in [1.29, 1.82) is 5.26 Å². The highest BCUT2D eigenvalue weighted by Crippen LogP contribution is 2.25. The van der Waals surface area contributed by atoms with E-state index in [1.165, 1.54) is 0 Å². The van der Waals surface area contributed by atoms with E-state index in [9.17, 15) is 4.79 Å². The number of ether oxygens (including phenoxy) is 2. The number of nitrogens with zero attached hydrogens (tertiary/aromatic N) is 2. The lowest BCUT2D eigenvalue weighted by atomic mass is 10.2. The third kappa shape index (κ3) is 6.57.